The minimum absolute atomic E-state index is 0.0169. The highest BCUT2D eigenvalue weighted by Crippen LogP contribution is 2.22. The van der Waals surface area contributed by atoms with Crippen molar-refractivity contribution in [1.82, 2.24) is 20.5 Å². The number of nitrogens with one attached hydrogen (secondary N) is 2. The largest absolute Gasteiger partial charge is 0.290 e. The molecule has 0 saturated carbocycles. The second-order valence-corrected chi connectivity index (χ2v) is 6.96. The Morgan fingerprint density at radius 2 is 2.21 bits per heavy atom. The third-order valence-electron chi connectivity index (χ3n) is 2.87. The van der Waals surface area contributed by atoms with Gasteiger partial charge in [-0.3, -0.25) is 10.7 Å². The van der Waals surface area contributed by atoms with E-state index in [0.717, 1.165) is 6.07 Å². The molecule has 24 heavy (non-hydrogen) atoms. The summed E-state index contributed by atoms with van der Waals surface area (Å²) in [7, 11) is -3.46. The lowest BCUT2D eigenvalue weighted by Crippen LogP contribution is -2.27. The predicted octanol–water partition coefficient (Wildman–Crippen LogP) is 1.36. The molecule has 3 N–H and O–H groups in total. The van der Waals surface area contributed by atoms with Crippen LogP contribution < -0.4 is 10.2 Å². The van der Waals surface area contributed by atoms with E-state index in [0.29, 0.717) is 0 Å². The fourth-order valence-electron chi connectivity index (χ4n) is 1.60. The quantitative estimate of drug-likeness (QED) is 0.393. The highest BCUT2D eigenvalue weighted by Gasteiger charge is 2.18. The smallest absolute Gasteiger partial charge is 0.211 e. The standard InChI is InChI=1S/C12H13ClFN5O4S/c1-2-24(21,22)15-6-10-11(19-23-18-10)12(17-20)16-7-3-4-9(14)8(13)5-7/h3-5,15,20H,2,6H2,1H3,(H,16,17). The number of benzene rings is 1. The third-order valence-corrected chi connectivity index (χ3v) is 4.50. The van der Waals surface area contributed by atoms with E-state index < -0.39 is 15.8 Å². The van der Waals surface area contributed by atoms with Crippen LogP contribution in [0.25, 0.3) is 0 Å². The van der Waals surface area contributed by atoms with Crippen LogP contribution >= 0.6 is 11.6 Å². The summed E-state index contributed by atoms with van der Waals surface area (Å²) >= 11 is 5.66. The minimum Gasteiger partial charge on any atom is -0.290 e. The number of rotatable bonds is 6. The van der Waals surface area contributed by atoms with Gasteiger partial charge in [-0.1, -0.05) is 16.8 Å². The molecule has 9 nitrogen and oxygen atoms in total. The SMILES string of the molecule is CCS(=O)(=O)NCc1nonc1C(=Nc1ccc(F)c(Cl)c1)NO. The van der Waals surface area contributed by atoms with E-state index in [9.17, 15) is 18.0 Å². The Hall–Kier alpha value is -2.08. The van der Waals surface area contributed by atoms with Crippen LogP contribution in [0.5, 0.6) is 0 Å². The molecule has 130 valence electrons. The van der Waals surface area contributed by atoms with Crippen LogP contribution in [-0.4, -0.2) is 35.5 Å². The zero-order valence-corrected chi connectivity index (χ0v) is 13.9. The highest BCUT2D eigenvalue weighted by atomic mass is 35.5. The van der Waals surface area contributed by atoms with Gasteiger partial charge in [0, 0.05) is 0 Å². The second kappa shape index (κ2) is 7.66. The summed E-state index contributed by atoms with van der Waals surface area (Å²) in [5.74, 6) is -0.905. The summed E-state index contributed by atoms with van der Waals surface area (Å²) in [6.07, 6.45) is 0. The number of amidine groups is 1. The number of halogens is 2. The van der Waals surface area contributed by atoms with Gasteiger partial charge < -0.3 is 0 Å². The van der Waals surface area contributed by atoms with Crippen LogP contribution in [0.3, 0.4) is 0 Å². The molecule has 12 heteroatoms. The number of hydroxylamine groups is 1. The Morgan fingerprint density at radius 3 is 2.83 bits per heavy atom. The zero-order valence-electron chi connectivity index (χ0n) is 12.3. The Kier molecular flexibility index (Phi) is 5.83. The molecule has 1 aromatic carbocycles. The lowest BCUT2D eigenvalue weighted by atomic mass is 10.3. The first-order valence-corrected chi connectivity index (χ1v) is 8.62. The van der Waals surface area contributed by atoms with Crippen molar-refractivity contribution >= 4 is 33.1 Å². The van der Waals surface area contributed by atoms with Gasteiger partial charge in [0.25, 0.3) is 0 Å². The Labute approximate surface area is 141 Å². The minimum atomic E-state index is -3.46. The third kappa shape index (κ3) is 4.47. The lowest BCUT2D eigenvalue weighted by Gasteiger charge is -2.05. The number of nitrogens with zero attached hydrogens (tertiary/aromatic N) is 3. The highest BCUT2D eigenvalue weighted by molar-refractivity contribution is 7.89. The molecule has 1 heterocycles. The average Bonchev–Trinajstić information content (AvgIpc) is 3.02. The maximum atomic E-state index is 13.2. The summed E-state index contributed by atoms with van der Waals surface area (Å²) in [4.78, 5) is 4.01. The summed E-state index contributed by atoms with van der Waals surface area (Å²) in [6, 6.07) is 3.67. The zero-order chi connectivity index (χ0) is 17.7. The van der Waals surface area contributed by atoms with Crippen LogP contribution in [0.4, 0.5) is 10.1 Å². The van der Waals surface area contributed by atoms with Crippen molar-refractivity contribution < 1.29 is 22.6 Å². The Morgan fingerprint density at radius 1 is 1.46 bits per heavy atom. The molecule has 1 aromatic heterocycles. The normalized spacial score (nSPS) is 12.4. The van der Waals surface area contributed by atoms with Crippen molar-refractivity contribution in [1.29, 1.82) is 0 Å². The van der Waals surface area contributed by atoms with Gasteiger partial charge >= 0.3 is 0 Å². The van der Waals surface area contributed by atoms with E-state index in [2.05, 4.69) is 24.7 Å². The van der Waals surface area contributed by atoms with Crippen molar-refractivity contribution in [2.75, 3.05) is 5.75 Å². The van der Waals surface area contributed by atoms with Gasteiger partial charge in [-0.25, -0.2) is 27.2 Å². The van der Waals surface area contributed by atoms with Gasteiger partial charge in [0.2, 0.25) is 10.0 Å². The first kappa shape index (κ1) is 18.3. The van der Waals surface area contributed by atoms with Crippen molar-refractivity contribution in [3.05, 3.63) is 40.4 Å². The Balaban J connectivity index is 2.29. The van der Waals surface area contributed by atoms with Crippen LogP contribution in [0, 0.1) is 5.82 Å². The summed E-state index contributed by atoms with van der Waals surface area (Å²) in [5, 5.41) is 16.2. The van der Waals surface area contributed by atoms with Crippen LogP contribution in [0.15, 0.2) is 27.8 Å². The van der Waals surface area contributed by atoms with E-state index in [-0.39, 0.29) is 40.2 Å². The van der Waals surface area contributed by atoms with E-state index in [1.54, 1.807) is 0 Å². The molecular formula is C12H13ClFN5O4S. The van der Waals surface area contributed by atoms with Gasteiger partial charge in [-0.05, 0) is 30.3 Å². The van der Waals surface area contributed by atoms with Crippen molar-refractivity contribution in [2.24, 2.45) is 4.99 Å². The molecule has 0 saturated heterocycles. The van der Waals surface area contributed by atoms with E-state index >= 15 is 0 Å². The number of hydrogen-bond acceptors (Lipinski definition) is 7. The number of hydrogen-bond donors (Lipinski definition) is 3. The molecule has 0 radical (unpaired) electrons. The summed E-state index contributed by atoms with van der Waals surface area (Å²) < 4.78 is 42.9. The molecule has 0 fully saturated rings. The van der Waals surface area contributed by atoms with Crippen LogP contribution in [0.1, 0.15) is 18.3 Å². The lowest BCUT2D eigenvalue weighted by molar-refractivity contribution is 0.234. The maximum Gasteiger partial charge on any atom is 0.211 e. The molecule has 0 atom stereocenters. The maximum absolute atomic E-state index is 13.2. The number of aromatic nitrogens is 2. The number of aliphatic imine (C=N–C) groups is 1. The van der Waals surface area contributed by atoms with E-state index in [1.807, 2.05) is 5.48 Å². The molecule has 0 bridgehead atoms. The fourth-order valence-corrected chi connectivity index (χ4v) is 2.33. The van der Waals surface area contributed by atoms with Gasteiger partial charge in [0.1, 0.15) is 11.5 Å². The molecule has 0 spiro atoms. The average molecular weight is 378 g/mol. The summed E-state index contributed by atoms with van der Waals surface area (Å²) in [6.45, 7) is 1.27. The predicted molar refractivity (Wildman–Crippen MR) is 83.1 cm³/mol. The van der Waals surface area contributed by atoms with Crippen molar-refractivity contribution in [3.63, 3.8) is 0 Å². The van der Waals surface area contributed by atoms with Gasteiger partial charge in [0.15, 0.2) is 11.5 Å². The molecule has 2 aromatic rings. The van der Waals surface area contributed by atoms with Gasteiger partial charge in [-0.15, -0.1) is 0 Å². The molecule has 0 amide bonds. The van der Waals surface area contributed by atoms with Crippen molar-refractivity contribution in [2.45, 2.75) is 13.5 Å². The summed E-state index contributed by atoms with van der Waals surface area (Å²) in [5.41, 5.74) is 2.12. The molecular weight excluding hydrogens is 365 g/mol. The first-order chi connectivity index (χ1) is 11.4. The molecule has 0 aliphatic rings. The monoisotopic (exact) mass is 377 g/mol. The second-order valence-electron chi connectivity index (χ2n) is 4.45. The molecule has 0 aliphatic heterocycles. The van der Waals surface area contributed by atoms with Crippen molar-refractivity contribution in [3.8, 4) is 0 Å². The topological polar surface area (TPSA) is 130 Å². The Bertz CT molecular complexity index is 855. The van der Waals surface area contributed by atoms with Gasteiger partial charge in [0.05, 0.1) is 23.0 Å². The van der Waals surface area contributed by atoms with Crippen LogP contribution in [0.2, 0.25) is 5.02 Å². The molecule has 2 rings (SSSR count). The van der Waals surface area contributed by atoms with E-state index in [4.69, 9.17) is 11.6 Å². The number of sulfonamides is 1. The fraction of sp³-hybridized carbons (Fsp3) is 0.250. The molecule has 0 unspecified atom stereocenters. The molecule has 0 aliphatic carbocycles. The van der Waals surface area contributed by atoms with E-state index in [1.165, 1.54) is 19.1 Å². The first-order valence-electron chi connectivity index (χ1n) is 6.59. The van der Waals surface area contributed by atoms with Gasteiger partial charge in [-0.2, -0.15) is 0 Å². The van der Waals surface area contributed by atoms with Crippen LogP contribution in [-0.2, 0) is 16.6 Å².